The first-order valence-electron chi connectivity index (χ1n) is 6.12. The van der Waals surface area contributed by atoms with Gasteiger partial charge in [0, 0.05) is 16.5 Å². The van der Waals surface area contributed by atoms with Gasteiger partial charge in [-0.3, -0.25) is 4.79 Å². The lowest BCUT2D eigenvalue weighted by atomic mass is 9.90. The number of carbonyl (C=O) groups excluding carboxylic acids is 2. The van der Waals surface area contributed by atoms with Crippen molar-refractivity contribution in [2.24, 2.45) is 0 Å². The van der Waals surface area contributed by atoms with Crippen molar-refractivity contribution in [1.29, 1.82) is 0 Å². The molecule has 1 aromatic heterocycles. The van der Waals surface area contributed by atoms with Crippen molar-refractivity contribution in [2.75, 3.05) is 6.61 Å². The van der Waals surface area contributed by atoms with Gasteiger partial charge in [-0.2, -0.15) is 0 Å². The molecule has 3 rings (SSSR count). The van der Waals surface area contributed by atoms with E-state index in [4.69, 9.17) is 4.74 Å². The first kappa shape index (κ1) is 12.4. The molecule has 5 heteroatoms. The largest absolute Gasteiger partial charge is 0.461 e. The van der Waals surface area contributed by atoms with E-state index in [1.165, 1.54) is 0 Å². The van der Waals surface area contributed by atoms with E-state index >= 15 is 0 Å². The SMILES string of the molecule is CCOC(=O)c1[nH]c2cccc3c2c1C[C@H](Br)C3=O. The first-order valence-corrected chi connectivity index (χ1v) is 7.04. The number of rotatable bonds is 2. The number of esters is 1. The maximum Gasteiger partial charge on any atom is 0.355 e. The van der Waals surface area contributed by atoms with Crippen LogP contribution in [0.5, 0.6) is 0 Å². The molecule has 98 valence electrons. The van der Waals surface area contributed by atoms with Crippen LogP contribution in [-0.2, 0) is 11.2 Å². The number of halogens is 1. The van der Waals surface area contributed by atoms with E-state index < -0.39 is 0 Å². The lowest BCUT2D eigenvalue weighted by molar-refractivity contribution is 0.0519. The molecule has 0 spiro atoms. The Balaban J connectivity index is 2.26. The Morgan fingerprint density at radius 3 is 3.05 bits per heavy atom. The zero-order valence-corrected chi connectivity index (χ0v) is 11.9. The van der Waals surface area contributed by atoms with Gasteiger partial charge in [-0.05, 0) is 25.0 Å². The highest BCUT2D eigenvalue weighted by Gasteiger charge is 2.31. The van der Waals surface area contributed by atoms with Crippen molar-refractivity contribution >= 4 is 38.6 Å². The molecular weight excluding hydrogens is 310 g/mol. The number of H-pyrrole nitrogens is 1. The molecule has 0 radical (unpaired) electrons. The number of hydrogen-bond acceptors (Lipinski definition) is 3. The average Bonchev–Trinajstić information content (AvgIpc) is 2.76. The Bertz CT molecular complexity index is 689. The van der Waals surface area contributed by atoms with Gasteiger partial charge in [0.05, 0.1) is 11.4 Å². The third-order valence-corrected chi connectivity index (χ3v) is 4.08. The summed E-state index contributed by atoms with van der Waals surface area (Å²) in [6, 6.07) is 5.48. The molecule has 1 aromatic carbocycles. The van der Waals surface area contributed by atoms with Gasteiger partial charge in [-0.25, -0.2) is 4.79 Å². The zero-order valence-electron chi connectivity index (χ0n) is 10.3. The van der Waals surface area contributed by atoms with Crippen LogP contribution in [-0.4, -0.2) is 28.2 Å². The van der Waals surface area contributed by atoms with E-state index in [0.29, 0.717) is 24.3 Å². The van der Waals surface area contributed by atoms with Gasteiger partial charge < -0.3 is 9.72 Å². The highest BCUT2D eigenvalue weighted by Crippen LogP contribution is 2.34. The fraction of sp³-hybridized carbons (Fsp3) is 0.286. The van der Waals surface area contributed by atoms with Crippen molar-refractivity contribution in [2.45, 2.75) is 18.2 Å². The molecule has 4 nitrogen and oxygen atoms in total. The lowest BCUT2D eigenvalue weighted by Crippen LogP contribution is -2.23. The third kappa shape index (κ3) is 1.80. The fourth-order valence-electron chi connectivity index (χ4n) is 2.54. The molecule has 1 aliphatic carbocycles. The molecule has 19 heavy (non-hydrogen) atoms. The minimum absolute atomic E-state index is 0.0625. The molecule has 2 aromatic rings. The molecule has 1 heterocycles. The number of ether oxygens (including phenoxy) is 1. The van der Waals surface area contributed by atoms with Crippen LogP contribution in [0.1, 0.15) is 33.3 Å². The summed E-state index contributed by atoms with van der Waals surface area (Å²) in [5.74, 6) is -0.304. The molecule has 0 aliphatic heterocycles. The second kappa shape index (κ2) is 4.49. The van der Waals surface area contributed by atoms with Crippen LogP contribution < -0.4 is 0 Å². The van der Waals surface area contributed by atoms with Crippen molar-refractivity contribution in [3.63, 3.8) is 0 Å². The number of nitrogens with one attached hydrogen (secondary N) is 1. The highest BCUT2D eigenvalue weighted by atomic mass is 79.9. The molecular formula is C14H12BrNO3. The Kier molecular flexibility index (Phi) is 2.93. The number of benzene rings is 1. The summed E-state index contributed by atoms with van der Waals surface area (Å²) < 4.78 is 5.06. The molecule has 1 N–H and O–H groups in total. The molecule has 0 saturated heterocycles. The Morgan fingerprint density at radius 1 is 1.53 bits per heavy atom. The number of hydrogen-bond donors (Lipinski definition) is 1. The van der Waals surface area contributed by atoms with Crippen LogP contribution in [0.15, 0.2) is 18.2 Å². The van der Waals surface area contributed by atoms with Gasteiger partial charge in [0.15, 0.2) is 5.78 Å². The lowest BCUT2D eigenvalue weighted by Gasteiger charge is -2.17. The predicted octanol–water partition coefficient (Wildman–Crippen LogP) is 2.85. The van der Waals surface area contributed by atoms with Gasteiger partial charge >= 0.3 is 5.97 Å². The van der Waals surface area contributed by atoms with Crippen LogP contribution in [0, 0.1) is 0 Å². The Morgan fingerprint density at radius 2 is 2.32 bits per heavy atom. The standard InChI is InChI=1S/C14H12BrNO3/c1-2-19-14(18)12-8-6-9(15)13(17)7-4-3-5-10(16-12)11(7)8/h3-5,9,16H,2,6H2,1H3/t9-/m0/s1. The van der Waals surface area contributed by atoms with Crippen LogP contribution in [0.3, 0.4) is 0 Å². The van der Waals surface area contributed by atoms with E-state index in [1.54, 1.807) is 13.0 Å². The quantitative estimate of drug-likeness (QED) is 0.683. The molecule has 0 bridgehead atoms. The van der Waals surface area contributed by atoms with Gasteiger partial charge in [-0.1, -0.05) is 28.1 Å². The number of Topliss-reactive ketones (excluding diaryl/α,β-unsaturated/α-hetero) is 1. The van der Waals surface area contributed by atoms with Crippen LogP contribution in [0.25, 0.3) is 10.9 Å². The maximum atomic E-state index is 12.1. The summed E-state index contributed by atoms with van der Waals surface area (Å²) in [5.41, 5.74) is 2.79. The van der Waals surface area contributed by atoms with Crippen molar-refractivity contribution < 1.29 is 14.3 Å². The predicted molar refractivity (Wildman–Crippen MR) is 75.0 cm³/mol. The summed E-state index contributed by atoms with van der Waals surface area (Å²) in [7, 11) is 0. The van der Waals surface area contributed by atoms with Gasteiger partial charge in [0.25, 0.3) is 0 Å². The maximum absolute atomic E-state index is 12.1. The van der Waals surface area contributed by atoms with Gasteiger partial charge in [-0.15, -0.1) is 0 Å². The monoisotopic (exact) mass is 321 g/mol. The fourth-order valence-corrected chi connectivity index (χ4v) is 3.11. The summed E-state index contributed by atoms with van der Waals surface area (Å²) in [6.07, 6.45) is 0.504. The van der Waals surface area contributed by atoms with E-state index in [9.17, 15) is 9.59 Å². The molecule has 0 unspecified atom stereocenters. The number of alkyl halides is 1. The average molecular weight is 322 g/mol. The second-order valence-electron chi connectivity index (χ2n) is 4.46. The minimum atomic E-state index is -0.367. The minimum Gasteiger partial charge on any atom is -0.461 e. The molecule has 0 fully saturated rings. The molecule has 1 aliphatic rings. The normalized spacial score (nSPS) is 17.8. The van der Waals surface area contributed by atoms with Crippen molar-refractivity contribution in [3.8, 4) is 0 Å². The second-order valence-corrected chi connectivity index (χ2v) is 5.57. The first-order chi connectivity index (χ1) is 9.13. The summed E-state index contributed by atoms with van der Waals surface area (Å²) >= 11 is 3.38. The third-order valence-electron chi connectivity index (χ3n) is 3.34. The molecule has 0 amide bonds. The number of aromatic amines is 1. The van der Waals surface area contributed by atoms with E-state index in [2.05, 4.69) is 20.9 Å². The van der Waals surface area contributed by atoms with Crippen LogP contribution in [0.2, 0.25) is 0 Å². The highest BCUT2D eigenvalue weighted by molar-refractivity contribution is 9.10. The van der Waals surface area contributed by atoms with Crippen LogP contribution >= 0.6 is 15.9 Å². The Hall–Kier alpha value is -1.62. The molecule has 0 saturated carbocycles. The van der Waals surface area contributed by atoms with E-state index in [1.807, 2.05) is 12.1 Å². The summed E-state index contributed by atoms with van der Waals surface area (Å²) in [5, 5.41) is 0.853. The number of carbonyl (C=O) groups is 2. The van der Waals surface area contributed by atoms with E-state index in [0.717, 1.165) is 16.5 Å². The summed E-state index contributed by atoms with van der Waals surface area (Å²) in [6.45, 7) is 2.10. The smallest absolute Gasteiger partial charge is 0.355 e. The topological polar surface area (TPSA) is 59.2 Å². The molecule has 1 atom stereocenters. The van der Waals surface area contributed by atoms with Crippen molar-refractivity contribution in [3.05, 3.63) is 35.0 Å². The number of aromatic nitrogens is 1. The van der Waals surface area contributed by atoms with Crippen molar-refractivity contribution in [1.82, 2.24) is 4.98 Å². The van der Waals surface area contributed by atoms with Gasteiger partial charge in [0.2, 0.25) is 0 Å². The number of ketones is 1. The van der Waals surface area contributed by atoms with E-state index in [-0.39, 0.29) is 16.6 Å². The van der Waals surface area contributed by atoms with Crippen LogP contribution in [0.4, 0.5) is 0 Å². The zero-order chi connectivity index (χ0) is 13.6. The van der Waals surface area contributed by atoms with Gasteiger partial charge in [0.1, 0.15) is 5.69 Å². The summed E-state index contributed by atoms with van der Waals surface area (Å²) in [4.78, 5) is 26.9. The Labute approximate surface area is 118 Å².